The van der Waals surface area contributed by atoms with Gasteiger partial charge >= 0.3 is 0 Å². The molecule has 0 fully saturated rings. The van der Waals surface area contributed by atoms with Crippen LogP contribution < -0.4 is 4.90 Å². The highest BCUT2D eigenvalue weighted by Crippen LogP contribution is 2.51. The minimum Gasteiger partial charge on any atom is -0.305 e. The molecule has 3 aromatic rings. The fraction of sp³-hybridized carbons (Fsp3) is 0.276. The van der Waals surface area contributed by atoms with Crippen molar-refractivity contribution in [2.75, 3.05) is 11.4 Å². The summed E-state index contributed by atoms with van der Waals surface area (Å²) in [4.78, 5) is 42.5. The number of halogens is 1. The van der Waals surface area contributed by atoms with Crippen molar-refractivity contribution in [3.05, 3.63) is 99.0 Å². The fourth-order valence-electron chi connectivity index (χ4n) is 5.79. The van der Waals surface area contributed by atoms with E-state index in [1.54, 1.807) is 29.2 Å². The summed E-state index contributed by atoms with van der Waals surface area (Å²) in [6.07, 6.45) is 0.686. The second kappa shape index (κ2) is 8.16. The van der Waals surface area contributed by atoms with E-state index >= 15 is 0 Å². The summed E-state index contributed by atoms with van der Waals surface area (Å²) in [5, 5.41) is 0. The topological polar surface area (TPSA) is 57.7 Å². The molecule has 5 nitrogen and oxygen atoms in total. The largest absolute Gasteiger partial charge is 0.305 e. The van der Waals surface area contributed by atoms with Crippen LogP contribution in [-0.2, 0) is 10.2 Å². The Morgan fingerprint density at radius 3 is 2.11 bits per heavy atom. The van der Waals surface area contributed by atoms with Crippen molar-refractivity contribution in [1.82, 2.24) is 4.90 Å². The SMILES string of the molecule is Cc1ccc2c(c1)C(C)(c1ccc(Br)cc1)CC(C)(C)N2C(=O)CN1C(=O)c2ccccc2C1=O. The lowest BCUT2D eigenvalue weighted by atomic mass is 9.65. The quantitative estimate of drug-likeness (QED) is 0.397. The summed E-state index contributed by atoms with van der Waals surface area (Å²) in [7, 11) is 0. The summed E-state index contributed by atoms with van der Waals surface area (Å²) in [6.45, 7) is 8.08. The standard InChI is InChI=1S/C29H27BrN2O3/c1-18-9-14-24-23(15-18)29(4,19-10-12-20(30)13-11-19)17-28(2,3)32(24)25(33)16-31-26(34)21-7-5-6-8-22(21)27(31)35/h5-15H,16-17H2,1-4H3. The van der Waals surface area contributed by atoms with Gasteiger partial charge in [0.1, 0.15) is 6.54 Å². The van der Waals surface area contributed by atoms with Crippen molar-refractivity contribution in [3.63, 3.8) is 0 Å². The van der Waals surface area contributed by atoms with Gasteiger partial charge in [0.05, 0.1) is 11.1 Å². The molecule has 0 bridgehead atoms. The zero-order valence-corrected chi connectivity index (χ0v) is 21.8. The van der Waals surface area contributed by atoms with Crippen LogP contribution in [-0.4, -0.2) is 34.7 Å². The van der Waals surface area contributed by atoms with E-state index in [1.807, 2.05) is 45.0 Å². The number of imide groups is 1. The number of aryl methyl sites for hydroxylation is 1. The average molecular weight is 531 g/mol. The van der Waals surface area contributed by atoms with E-state index in [1.165, 1.54) is 5.56 Å². The van der Waals surface area contributed by atoms with Gasteiger partial charge in [-0.2, -0.15) is 0 Å². The molecule has 35 heavy (non-hydrogen) atoms. The highest BCUT2D eigenvalue weighted by atomic mass is 79.9. The molecule has 2 heterocycles. The van der Waals surface area contributed by atoms with Gasteiger partial charge in [0, 0.05) is 21.1 Å². The van der Waals surface area contributed by atoms with Gasteiger partial charge in [-0.3, -0.25) is 19.3 Å². The molecule has 2 aliphatic rings. The Hall–Kier alpha value is -3.25. The third kappa shape index (κ3) is 3.71. The Kier molecular flexibility index (Phi) is 5.48. The van der Waals surface area contributed by atoms with Crippen LogP contribution in [0.3, 0.4) is 0 Å². The van der Waals surface area contributed by atoms with Crippen LogP contribution in [0.5, 0.6) is 0 Å². The number of carbonyl (C=O) groups is 3. The number of anilines is 1. The summed E-state index contributed by atoms with van der Waals surface area (Å²) < 4.78 is 1.02. The first-order chi connectivity index (χ1) is 16.5. The Bertz CT molecular complexity index is 1340. The summed E-state index contributed by atoms with van der Waals surface area (Å²) in [5.74, 6) is -1.11. The van der Waals surface area contributed by atoms with Crippen LogP contribution >= 0.6 is 15.9 Å². The highest BCUT2D eigenvalue weighted by Gasteiger charge is 2.49. The van der Waals surface area contributed by atoms with Gasteiger partial charge in [0.2, 0.25) is 5.91 Å². The van der Waals surface area contributed by atoms with Crippen LogP contribution in [0.15, 0.2) is 71.2 Å². The maximum Gasteiger partial charge on any atom is 0.262 e. The third-order valence-electron chi connectivity index (χ3n) is 7.28. The Balaban J connectivity index is 1.56. The monoisotopic (exact) mass is 530 g/mol. The minimum atomic E-state index is -0.556. The molecule has 1 atom stereocenters. The average Bonchev–Trinajstić information content (AvgIpc) is 3.04. The van der Waals surface area contributed by atoms with Gasteiger partial charge in [-0.15, -0.1) is 0 Å². The number of rotatable bonds is 3. The first kappa shape index (κ1) is 23.5. The molecule has 1 unspecified atom stereocenters. The van der Waals surface area contributed by atoms with E-state index < -0.39 is 17.4 Å². The summed E-state index contributed by atoms with van der Waals surface area (Å²) >= 11 is 3.53. The summed E-state index contributed by atoms with van der Waals surface area (Å²) in [5.41, 5.74) is 3.99. The van der Waals surface area contributed by atoms with E-state index in [9.17, 15) is 14.4 Å². The molecule has 3 amide bonds. The first-order valence-electron chi connectivity index (χ1n) is 11.7. The number of hydrogen-bond donors (Lipinski definition) is 0. The lowest BCUT2D eigenvalue weighted by molar-refractivity contribution is -0.120. The van der Waals surface area contributed by atoms with Crippen molar-refractivity contribution < 1.29 is 14.4 Å². The highest BCUT2D eigenvalue weighted by molar-refractivity contribution is 9.10. The van der Waals surface area contributed by atoms with E-state index in [-0.39, 0.29) is 17.9 Å². The van der Waals surface area contributed by atoms with E-state index in [4.69, 9.17) is 0 Å². The zero-order chi connectivity index (χ0) is 25.1. The normalized spacial score (nSPS) is 20.6. The molecule has 0 aliphatic carbocycles. The van der Waals surface area contributed by atoms with Crippen LogP contribution in [0.4, 0.5) is 5.69 Å². The van der Waals surface area contributed by atoms with Crippen LogP contribution in [0.1, 0.15) is 64.6 Å². The number of carbonyl (C=O) groups excluding carboxylic acids is 3. The smallest absolute Gasteiger partial charge is 0.262 e. The third-order valence-corrected chi connectivity index (χ3v) is 7.81. The van der Waals surface area contributed by atoms with Gasteiger partial charge in [-0.05, 0) is 68.7 Å². The molecule has 0 saturated carbocycles. The number of nitrogens with zero attached hydrogens (tertiary/aromatic N) is 2. The van der Waals surface area contributed by atoms with Crippen molar-refractivity contribution in [3.8, 4) is 0 Å². The van der Waals surface area contributed by atoms with E-state index in [0.29, 0.717) is 17.5 Å². The summed E-state index contributed by atoms with van der Waals surface area (Å²) in [6, 6.07) is 21.2. The van der Waals surface area contributed by atoms with Crippen LogP contribution in [0.25, 0.3) is 0 Å². The van der Waals surface area contributed by atoms with Gasteiger partial charge in [-0.1, -0.05) is 64.8 Å². The molecule has 0 spiro atoms. The maximum atomic E-state index is 13.8. The molecule has 0 radical (unpaired) electrons. The molecule has 178 valence electrons. The van der Waals surface area contributed by atoms with E-state index in [0.717, 1.165) is 26.2 Å². The number of amides is 3. The molecular formula is C29H27BrN2O3. The molecular weight excluding hydrogens is 504 g/mol. The minimum absolute atomic E-state index is 0.271. The molecule has 2 aliphatic heterocycles. The van der Waals surface area contributed by atoms with Gasteiger partial charge < -0.3 is 4.90 Å². The van der Waals surface area contributed by atoms with Crippen molar-refractivity contribution >= 4 is 39.3 Å². The lowest BCUT2D eigenvalue weighted by Crippen LogP contribution is -2.58. The Labute approximate surface area is 213 Å². The lowest BCUT2D eigenvalue weighted by Gasteiger charge is -2.51. The second-order valence-electron chi connectivity index (χ2n) is 10.3. The Morgan fingerprint density at radius 2 is 1.51 bits per heavy atom. The molecule has 0 N–H and O–H groups in total. The van der Waals surface area contributed by atoms with Gasteiger partial charge in [-0.25, -0.2) is 0 Å². The molecule has 5 rings (SSSR count). The maximum absolute atomic E-state index is 13.8. The first-order valence-corrected chi connectivity index (χ1v) is 12.5. The fourth-order valence-corrected chi connectivity index (χ4v) is 6.05. The molecule has 3 aromatic carbocycles. The molecule has 0 aromatic heterocycles. The van der Waals surface area contributed by atoms with Crippen molar-refractivity contribution in [2.45, 2.75) is 45.1 Å². The van der Waals surface area contributed by atoms with Crippen LogP contribution in [0, 0.1) is 6.92 Å². The van der Waals surface area contributed by atoms with Gasteiger partial charge in [0.15, 0.2) is 0 Å². The number of benzene rings is 3. The second-order valence-corrected chi connectivity index (χ2v) is 11.2. The molecule has 0 saturated heterocycles. The zero-order valence-electron chi connectivity index (χ0n) is 20.3. The van der Waals surface area contributed by atoms with Crippen molar-refractivity contribution in [1.29, 1.82) is 0 Å². The number of hydrogen-bond acceptors (Lipinski definition) is 3. The predicted octanol–water partition coefficient (Wildman–Crippen LogP) is 5.88. The van der Waals surface area contributed by atoms with Crippen LogP contribution in [0.2, 0.25) is 0 Å². The Morgan fingerprint density at radius 1 is 0.914 bits per heavy atom. The number of fused-ring (bicyclic) bond motifs is 2. The molecule has 6 heteroatoms. The predicted molar refractivity (Wildman–Crippen MR) is 140 cm³/mol. The van der Waals surface area contributed by atoms with E-state index in [2.05, 4.69) is 41.1 Å². The van der Waals surface area contributed by atoms with Gasteiger partial charge in [0.25, 0.3) is 11.8 Å². The van der Waals surface area contributed by atoms with Crippen molar-refractivity contribution in [2.24, 2.45) is 0 Å².